The highest BCUT2D eigenvalue weighted by Crippen LogP contribution is 2.37. The molecule has 5 rings (SSSR count). The topological polar surface area (TPSA) is 58.6 Å². The van der Waals surface area contributed by atoms with E-state index in [0.717, 1.165) is 67.4 Å². The van der Waals surface area contributed by atoms with Crippen molar-refractivity contribution in [1.82, 2.24) is 14.9 Å². The van der Waals surface area contributed by atoms with Gasteiger partial charge in [-0.3, -0.25) is 14.6 Å². The SMILES string of the molecule is COc1cc2c(cc1CN1CCCC1c1nc(C)c3c(n1)N(C)C(=O)CC3)CCCC2. The number of likely N-dealkylation sites (tertiary alicyclic amines) is 1. The fourth-order valence-corrected chi connectivity index (χ4v) is 5.49. The zero-order valence-electron chi connectivity index (χ0n) is 18.9. The van der Waals surface area contributed by atoms with Crippen LogP contribution in [0.5, 0.6) is 5.75 Å². The van der Waals surface area contributed by atoms with E-state index in [4.69, 9.17) is 14.7 Å². The number of hydrogen-bond donors (Lipinski definition) is 0. The molecule has 1 amide bonds. The van der Waals surface area contributed by atoms with E-state index in [1.165, 1.54) is 36.0 Å². The molecule has 0 bridgehead atoms. The summed E-state index contributed by atoms with van der Waals surface area (Å²) in [4.78, 5) is 26.3. The predicted molar refractivity (Wildman–Crippen MR) is 121 cm³/mol. The van der Waals surface area contributed by atoms with E-state index in [-0.39, 0.29) is 11.9 Å². The summed E-state index contributed by atoms with van der Waals surface area (Å²) in [5, 5.41) is 0. The van der Waals surface area contributed by atoms with Crippen molar-refractivity contribution in [3.05, 3.63) is 45.9 Å². The average molecular weight is 421 g/mol. The third kappa shape index (κ3) is 3.71. The Bertz CT molecular complexity index is 1020. The highest BCUT2D eigenvalue weighted by atomic mass is 16.5. The summed E-state index contributed by atoms with van der Waals surface area (Å²) in [6, 6.07) is 4.80. The number of aryl methyl sites for hydroxylation is 3. The molecule has 1 aliphatic carbocycles. The maximum Gasteiger partial charge on any atom is 0.228 e. The van der Waals surface area contributed by atoms with Crippen LogP contribution in [-0.2, 0) is 30.6 Å². The van der Waals surface area contributed by atoms with Crippen LogP contribution in [0.15, 0.2) is 12.1 Å². The van der Waals surface area contributed by atoms with Gasteiger partial charge in [0, 0.05) is 36.8 Å². The molecule has 0 radical (unpaired) electrons. The first-order valence-corrected chi connectivity index (χ1v) is 11.6. The maximum absolute atomic E-state index is 12.2. The molecule has 1 aromatic heterocycles. The Kier molecular flexibility index (Phi) is 5.42. The van der Waals surface area contributed by atoms with Crippen LogP contribution >= 0.6 is 0 Å². The number of carbonyl (C=O) groups is 1. The summed E-state index contributed by atoms with van der Waals surface area (Å²) >= 11 is 0. The van der Waals surface area contributed by atoms with Gasteiger partial charge in [0.15, 0.2) is 0 Å². The minimum Gasteiger partial charge on any atom is -0.496 e. The zero-order chi connectivity index (χ0) is 21.5. The van der Waals surface area contributed by atoms with Crippen molar-refractivity contribution < 1.29 is 9.53 Å². The van der Waals surface area contributed by atoms with Gasteiger partial charge in [-0.15, -0.1) is 0 Å². The minimum absolute atomic E-state index is 0.138. The number of anilines is 1. The molecule has 1 aromatic carbocycles. The molecular formula is C25H32N4O2. The van der Waals surface area contributed by atoms with Crippen molar-refractivity contribution in [3.63, 3.8) is 0 Å². The molecule has 2 aliphatic heterocycles. The number of amides is 1. The van der Waals surface area contributed by atoms with Gasteiger partial charge in [-0.2, -0.15) is 0 Å². The number of methoxy groups -OCH3 is 1. The van der Waals surface area contributed by atoms with Crippen molar-refractivity contribution in [2.75, 3.05) is 25.6 Å². The quantitative estimate of drug-likeness (QED) is 0.750. The zero-order valence-corrected chi connectivity index (χ0v) is 18.9. The largest absolute Gasteiger partial charge is 0.496 e. The van der Waals surface area contributed by atoms with Gasteiger partial charge < -0.3 is 4.74 Å². The van der Waals surface area contributed by atoms with Gasteiger partial charge in [0.05, 0.1) is 13.2 Å². The summed E-state index contributed by atoms with van der Waals surface area (Å²) < 4.78 is 5.78. The third-order valence-corrected chi connectivity index (χ3v) is 7.27. The van der Waals surface area contributed by atoms with Crippen LogP contribution in [0, 0.1) is 6.92 Å². The smallest absolute Gasteiger partial charge is 0.228 e. The average Bonchev–Trinajstić information content (AvgIpc) is 3.24. The van der Waals surface area contributed by atoms with Crippen LogP contribution in [-0.4, -0.2) is 41.5 Å². The van der Waals surface area contributed by atoms with Crippen LogP contribution in [0.25, 0.3) is 0 Å². The van der Waals surface area contributed by atoms with Crippen molar-refractivity contribution in [2.45, 2.75) is 70.9 Å². The van der Waals surface area contributed by atoms with Crippen LogP contribution in [0.4, 0.5) is 5.82 Å². The van der Waals surface area contributed by atoms with Crippen molar-refractivity contribution >= 4 is 11.7 Å². The molecule has 1 unspecified atom stereocenters. The summed E-state index contributed by atoms with van der Waals surface area (Å²) in [5.74, 6) is 2.79. The molecule has 0 spiro atoms. The Morgan fingerprint density at radius 1 is 1.06 bits per heavy atom. The molecule has 6 nitrogen and oxygen atoms in total. The van der Waals surface area contributed by atoms with E-state index >= 15 is 0 Å². The molecule has 3 aliphatic rings. The van der Waals surface area contributed by atoms with Gasteiger partial charge in [0.1, 0.15) is 17.4 Å². The Morgan fingerprint density at radius 3 is 2.61 bits per heavy atom. The van der Waals surface area contributed by atoms with Crippen molar-refractivity contribution in [2.24, 2.45) is 0 Å². The lowest BCUT2D eigenvalue weighted by atomic mass is 9.90. The predicted octanol–water partition coefficient (Wildman–Crippen LogP) is 3.92. The highest BCUT2D eigenvalue weighted by Gasteiger charge is 2.32. The van der Waals surface area contributed by atoms with E-state index in [9.17, 15) is 4.79 Å². The van der Waals surface area contributed by atoms with Crippen LogP contribution in [0.3, 0.4) is 0 Å². The summed E-state index contributed by atoms with van der Waals surface area (Å²) in [5.41, 5.74) is 6.33. The molecule has 31 heavy (non-hydrogen) atoms. The third-order valence-electron chi connectivity index (χ3n) is 7.27. The standard InChI is InChI=1S/C25H32N4O2/c1-16-20-10-11-23(30)28(2)25(20)27-24(26-16)21-9-6-12-29(21)15-19-13-17-7-4-5-8-18(17)14-22(19)31-3/h13-14,21H,4-12,15H2,1-3H3. The second-order valence-electron chi connectivity index (χ2n) is 9.19. The Hall–Kier alpha value is -2.47. The molecule has 2 aromatic rings. The number of nitrogens with zero attached hydrogens (tertiary/aromatic N) is 4. The van der Waals surface area contributed by atoms with Gasteiger partial charge in [0.25, 0.3) is 0 Å². The molecule has 6 heteroatoms. The summed E-state index contributed by atoms with van der Waals surface area (Å²) in [7, 11) is 3.61. The number of hydrogen-bond acceptors (Lipinski definition) is 5. The molecule has 1 fully saturated rings. The molecule has 0 N–H and O–H groups in total. The number of ether oxygens (including phenoxy) is 1. The number of benzene rings is 1. The van der Waals surface area contributed by atoms with Crippen LogP contribution in [0.2, 0.25) is 0 Å². The Labute approximate surface area is 184 Å². The van der Waals surface area contributed by atoms with Gasteiger partial charge in [-0.05, 0) is 75.6 Å². The van der Waals surface area contributed by atoms with Crippen molar-refractivity contribution in [3.8, 4) is 5.75 Å². The van der Waals surface area contributed by atoms with Gasteiger partial charge in [-0.25, -0.2) is 9.97 Å². The lowest BCUT2D eigenvalue weighted by Crippen LogP contribution is -2.34. The van der Waals surface area contributed by atoms with E-state index in [1.807, 2.05) is 7.05 Å². The fourth-order valence-electron chi connectivity index (χ4n) is 5.49. The maximum atomic E-state index is 12.2. The minimum atomic E-state index is 0.138. The van der Waals surface area contributed by atoms with E-state index < -0.39 is 0 Å². The second kappa shape index (κ2) is 8.23. The van der Waals surface area contributed by atoms with Gasteiger partial charge in [-0.1, -0.05) is 6.07 Å². The molecular weight excluding hydrogens is 388 g/mol. The Balaban J connectivity index is 1.45. The number of rotatable bonds is 4. The number of carbonyl (C=O) groups excluding carboxylic acids is 1. The van der Waals surface area contributed by atoms with Gasteiger partial charge in [0.2, 0.25) is 5.91 Å². The molecule has 1 atom stereocenters. The lowest BCUT2D eigenvalue weighted by molar-refractivity contribution is -0.118. The first-order chi connectivity index (χ1) is 15.0. The molecule has 164 valence electrons. The Morgan fingerprint density at radius 2 is 1.84 bits per heavy atom. The van der Waals surface area contributed by atoms with Crippen molar-refractivity contribution in [1.29, 1.82) is 0 Å². The van der Waals surface area contributed by atoms with E-state index in [0.29, 0.717) is 6.42 Å². The van der Waals surface area contributed by atoms with Gasteiger partial charge >= 0.3 is 0 Å². The first-order valence-electron chi connectivity index (χ1n) is 11.6. The molecule has 3 heterocycles. The van der Waals surface area contributed by atoms with Crippen LogP contribution < -0.4 is 9.64 Å². The molecule has 0 saturated carbocycles. The van der Waals surface area contributed by atoms with E-state index in [2.05, 4.69) is 24.0 Å². The second-order valence-corrected chi connectivity index (χ2v) is 9.19. The number of aromatic nitrogens is 2. The lowest BCUT2D eigenvalue weighted by Gasteiger charge is -2.29. The summed E-state index contributed by atoms with van der Waals surface area (Å²) in [6.45, 7) is 3.92. The highest BCUT2D eigenvalue weighted by molar-refractivity contribution is 5.94. The van der Waals surface area contributed by atoms with E-state index in [1.54, 1.807) is 12.0 Å². The first kappa shape index (κ1) is 20.4. The normalized spacial score (nSPS) is 21.2. The number of fused-ring (bicyclic) bond motifs is 2. The molecule has 1 saturated heterocycles. The van der Waals surface area contributed by atoms with Crippen LogP contribution in [0.1, 0.15) is 71.9 Å². The monoisotopic (exact) mass is 420 g/mol. The summed E-state index contributed by atoms with van der Waals surface area (Å²) in [6.07, 6.45) is 8.34. The fraction of sp³-hybridized carbons (Fsp3) is 0.560.